The van der Waals surface area contributed by atoms with Crippen LogP contribution in [0.3, 0.4) is 0 Å². The van der Waals surface area contributed by atoms with E-state index in [9.17, 15) is 4.79 Å². The average Bonchev–Trinajstić information content (AvgIpc) is 2.59. The number of hydrogen-bond acceptors (Lipinski definition) is 5. The van der Waals surface area contributed by atoms with E-state index in [0.29, 0.717) is 11.7 Å². The van der Waals surface area contributed by atoms with Crippen LogP contribution >= 0.6 is 0 Å². The van der Waals surface area contributed by atoms with Gasteiger partial charge in [0.25, 0.3) is 0 Å². The molecule has 0 radical (unpaired) electrons. The highest BCUT2D eigenvalue weighted by molar-refractivity contribution is 5.37. The molecule has 1 aromatic carbocycles. The quantitative estimate of drug-likeness (QED) is 0.880. The first-order chi connectivity index (χ1) is 11.6. The van der Waals surface area contributed by atoms with E-state index in [2.05, 4.69) is 56.6 Å². The summed E-state index contributed by atoms with van der Waals surface area (Å²) < 4.78 is 0. The molecule has 2 heterocycles. The maximum absolute atomic E-state index is 11.3. The van der Waals surface area contributed by atoms with Crippen molar-refractivity contribution in [3.05, 3.63) is 51.6 Å². The number of aromatic nitrogens is 3. The summed E-state index contributed by atoms with van der Waals surface area (Å²) in [7, 11) is 0. The maximum atomic E-state index is 11.3. The molecule has 0 saturated carbocycles. The Morgan fingerprint density at radius 3 is 2.62 bits per heavy atom. The van der Waals surface area contributed by atoms with E-state index in [-0.39, 0.29) is 0 Å². The molecule has 0 bridgehead atoms. The molecule has 0 aliphatic carbocycles. The number of benzene rings is 1. The monoisotopic (exact) mass is 327 g/mol. The Morgan fingerprint density at radius 2 is 1.92 bits per heavy atom. The van der Waals surface area contributed by atoms with Gasteiger partial charge in [0.2, 0.25) is 0 Å². The molecule has 2 N–H and O–H groups in total. The molecular formula is C18H25N5O. The second-order valence-corrected chi connectivity index (χ2v) is 6.66. The van der Waals surface area contributed by atoms with Crippen molar-refractivity contribution < 1.29 is 0 Å². The molecule has 1 saturated heterocycles. The number of anilines is 1. The van der Waals surface area contributed by atoms with E-state index >= 15 is 0 Å². The average molecular weight is 327 g/mol. The predicted octanol–water partition coefficient (Wildman–Crippen LogP) is 2.11. The first-order valence-corrected chi connectivity index (χ1v) is 8.55. The Kier molecular flexibility index (Phi) is 5.25. The summed E-state index contributed by atoms with van der Waals surface area (Å²) >= 11 is 0. The minimum atomic E-state index is -0.406. The number of likely N-dealkylation sites (tertiary alicyclic amines) is 1. The van der Waals surface area contributed by atoms with E-state index < -0.39 is 5.69 Å². The van der Waals surface area contributed by atoms with Crippen molar-refractivity contribution in [1.82, 2.24) is 20.1 Å². The molecule has 6 heteroatoms. The number of rotatable bonds is 5. The lowest BCUT2D eigenvalue weighted by atomic mass is 9.96. The number of nitrogens with zero attached hydrogens (tertiary/aromatic N) is 3. The van der Waals surface area contributed by atoms with Crippen LogP contribution in [0.15, 0.2) is 29.1 Å². The van der Waals surface area contributed by atoms with Gasteiger partial charge in [-0.3, -0.25) is 4.90 Å². The number of aryl methyl sites for hydroxylation is 2. The van der Waals surface area contributed by atoms with E-state index in [0.717, 1.165) is 44.7 Å². The molecule has 2 aromatic rings. The van der Waals surface area contributed by atoms with Gasteiger partial charge in [-0.1, -0.05) is 29.8 Å². The minimum absolute atomic E-state index is 0.406. The summed E-state index contributed by atoms with van der Waals surface area (Å²) in [5.74, 6) is 1.21. The van der Waals surface area contributed by atoms with Crippen LogP contribution in [0.4, 0.5) is 5.82 Å². The Labute approximate surface area is 142 Å². The van der Waals surface area contributed by atoms with Gasteiger partial charge < -0.3 is 5.32 Å². The largest absolute Gasteiger partial charge is 0.368 e. The fraction of sp³-hybridized carbons (Fsp3) is 0.500. The molecule has 0 amide bonds. The summed E-state index contributed by atoms with van der Waals surface area (Å²) in [6.07, 6.45) is 2.32. The van der Waals surface area contributed by atoms with Crippen LogP contribution < -0.4 is 11.0 Å². The molecule has 1 fully saturated rings. The lowest BCUT2D eigenvalue weighted by molar-refractivity contribution is 0.182. The fourth-order valence-corrected chi connectivity index (χ4v) is 3.10. The highest BCUT2D eigenvalue weighted by Gasteiger charge is 2.19. The van der Waals surface area contributed by atoms with Crippen LogP contribution in [-0.2, 0) is 6.54 Å². The van der Waals surface area contributed by atoms with Crippen LogP contribution in [0.1, 0.15) is 29.7 Å². The Morgan fingerprint density at radius 1 is 1.21 bits per heavy atom. The highest BCUT2D eigenvalue weighted by Crippen LogP contribution is 2.20. The lowest BCUT2D eigenvalue weighted by Crippen LogP contribution is -2.35. The van der Waals surface area contributed by atoms with Gasteiger partial charge in [0, 0.05) is 13.1 Å². The molecule has 128 valence electrons. The molecule has 24 heavy (non-hydrogen) atoms. The fourth-order valence-electron chi connectivity index (χ4n) is 3.10. The smallest absolute Gasteiger partial charge is 0.363 e. The van der Waals surface area contributed by atoms with Crippen molar-refractivity contribution in [3.8, 4) is 0 Å². The molecule has 1 aromatic heterocycles. The standard InChI is InChI=1S/C18H25N5O/c1-13-3-5-16(6-4-13)12-23-9-7-15(8-10-23)11-19-17-14(2)21-22-18(24)20-17/h3-6,15H,7-12H2,1-2H3,(H2,19,20,22,24). The normalized spacial score (nSPS) is 16.2. The Hall–Kier alpha value is -2.21. The third-order valence-electron chi connectivity index (χ3n) is 4.67. The van der Waals surface area contributed by atoms with Crippen LogP contribution in [-0.4, -0.2) is 39.7 Å². The zero-order valence-electron chi connectivity index (χ0n) is 14.4. The third-order valence-corrected chi connectivity index (χ3v) is 4.67. The predicted molar refractivity (Wildman–Crippen MR) is 95.1 cm³/mol. The van der Waals surface area contributed by atoms with Crippen LogP contribution in [0, 0.1) is 19.8 Å². The summed E-state index contributed by atoms with van der Waals surface area (Å²) in [5, 5.41) is 9.57. The second kappa shape index (κ2) is 7.57. The zero-order chi connectivity index (χ0) is 16.9. The molecular weight excluding hydrogens is 302 g/mol. The minimum Gasteiger partial charge on any atom is -0.368 e. The van der Waals surface area contributed by atoms with Crippen molar-refractivity contribution in [2.75, 3.05) is 25.0 Å². The van der Waals surface area contributed by atoms with Gasteiger partial charge in [-0.05, 0) is 51.3 Å². The van der Waals surface area contributed by atoms with Crippen molar-refractivity contribution in [2.45, 2.75) is 33.2 Å². The van der Waals surface area contributed by atoms with Gasteiger partial charge >= 0.3 is 5.69 Å². The zero-order valence-corrected chi connectivity index (χ0v) is 14.4. The number of aromatic amines is 1. The summed E-state index contributed by atoms with van der Waals surface area (Å²) in [6, 6.07) is 8.79. The molecule has 1 aliphatic heterocycles. The summed E-state index contributed by atoms with van der Waals surface area (Å²) in [4.78, 5) is 17.7. The summed E-state index contributed by atoms with van der Waals surface area (Å²) in [6.45, 7) is 8.06. The van der Waals surface area contributed by atoms with Crippen molar-refractivity contribution in [1.29, 1.82) is 0 Å². The molecule has 1 aliphatic rings. The number of piperidine rings is 1. The van der Waals surface area contributed by atoms with Crippen LogP contribution in [0.5, 0.6) is 0 Å². The topological polar surface area (TPSA) is 73.9 Å². The maximum Gasteiger partial charge on any atom is 0.363 e. The highest BCUT2D eigenvalue weighted by atomic mass is 16.1. The number of hydrogen-bond donors (Lipinski definition) is 2. The molecule has 0 unspecified atom stereocenters. The number of H-pyrrole nitrogens is 1. The van der Waals surface area contributed by atoms with Crippen molar-refractivity contribution in [3.63, 3.8) is 0 Å². The molecule has 0 atom stereocenters. The van der Waals surface area contributed by atoms with Crippen molar-refractivity contribution in [2.24, 2.45) is 5.92 Å². The van der Waals surface area contributed by atoms with Gasteiger partial charge in [0.15, 0.2) is 5.82 Å². The van der Waals surface area contributed by atoms with Crippen LogP contribution in [0.25, 0.3) is 0 Å². The van der Waals surface area contributed by atoms with E-state index in [1.165, 1.54) is 11.1 Å². The van der Waals surface area contributed by atoms with Crippen LogP contribution in [0.2, 0.25) is 0 Å². The molecule has 0 spiro atoms. The van der Waals surface area contributed by atoms with E-state index in [1.807, 2.05) is 6.92 Å². The van der Waals surface area contributed by atoms with Gasteiger partial charge in [0.1, 0.15) is 5.69 Å². The van der Waals surface area contributed by atoms with Crippen molar-refractivity contribution >= 4 is 5.82 Å². The SMILES string of the molecule is Cc1ccc(CN2CCC(CNc3nc(=O)[nH]nc3C)CC2)cc1. The lowest BCUT2D eigenvalue weighted by Gasteiger charge is -2.32. The number of nitrogens with one attached hydrogen (secondary N) is 2. The van der Waals surface area contributed by atoms with Gasteiger partial charge in [0.05, 0.1) is 0 Å². The Balaban J connectivity index is 1.46. The Bertz CT molecular complexity index is 717. The molecule has 3 rings (SSSR count). The second-order valence-electron chi connectivity index (χ2n) is 6.66. The first-order valence-electron chi connectivity index (χ1n) is 8.55. The molecule has 6 nitrogen and oxygen atoms in total. The van der Waals surface area contributed by atoms with Gasteiger partial charge in [-0.25, -0.2) is 9.89 Å². The first kappa shape index (κ1) is 16.6. The summed E-state index contributed by atoms with van der Waals surface area (Å²) in [5.41, 5.74) is 3.01. The van der Waals surface area contributed by atoms with E-state index in [4.69, 9.17) is 0 Å². The van der Waals surface area contributed by atoms with E-state index in [1.54, 1.807) is 0 Å². The van der Waals surface area contributed by atoms with Gasteiger partial charge in [-0.15, -0.1) is 0 Å². The van der Waals surface area contributed by atoms with Gasteiger partial charge in [-0.2, -0.15) is 10.1 Å². The third kappa shape index (κ3) is 4.41.